The van der Waals surface area contributed by atoms with Crippen molar-refractivity contribution >= 4 is 17.6 Å². The third kappa shape index (κ3) is 5.31. The van der Waals surface area contributed by atoms with E-state index in [1.165, 1.54) is 23.1 Å². The second-order valence-corrected chi connectivity index (χ2v) is 9.67. The number of β-amino-alcohol motifs (C(OH)–C–C–N with tert-alkyl or cyclic N) is 1. The number of urea groups is 1. The van der Waals surface area contributed by atoms with Gasteiger partial charge in [0.25, 0.3) is 0 Å². The number of anilines is 1. The van der Waals surface area contributed by atoms with Crippen LogP contribution >= 0.6 is 0 Å². The molecular formula is C24H35FN4O4. The van der Waals surface area contributed by atoms with E-state index >= 15 is 0 Å². The zero-order chi connectivity index (χ0) is 23.6. The lowest BCUT2D eigenvalue weighted by atomic mass is 9.90. The number of likely N-dealkylation sites (tertiary alicyclic amines) is 1. The zero-order valence-electron chi connectivity index (χ0n) is 19.5. The molecule has 2 N–H and O–H groups in total. The van der Waals surface area contributed by atoms with Crippen LogP contribution in [0, 0.1) is 11.2 Å². The minimum absolute atomic E-state index is 0.0904. The normalized spacial score (nSPS) is 25.9. The van der Waals surface area contributed by atoms with E-state index in [1.54, 1.807) is 20.1 Å². The number of aliphatic hydroxyl groups excluding tert-OH is 1. The van der Waals surface area contributed by atoms with Crippen LogP contribution in [0.5, 0.6) is 0 Å². The number of hydrogen-bond acceptors (Lipinski definition) is 5. The summed E-state index contributed by atoms with van der Waals surface area (Å²) < 4.78 is 18.8. The molecule has 4 rings (SSSR count). The number of carbonyl (C=O) groups is 2. The van der Waals surface area contributed by atoms with E-state index in [1.807, 2.05) is 4.90 Å². The topological polar surface area (TPSA) is 85.3 Å². The molecule has 3 aliphatic rings. The van der Waals surface area contributed by atoms with Gasteiger partial charge >= 0.3 is 6.03 Å². The maximum Gasteiger partial charge on any atom is 0.322 e. The van der Waals surface area contributed by atoms with Gasteiger partial charge in [0.15, 0.2) is 0 Å². The Bertz CT molecular complexity index is 865. The lowest BCUT2D eigenvalue weighted by molar-refractivity contribution is -0.143. The first-order valence-electron chi connectivity index (χ1n) is 11.9. The zero-order valence-corrected chi connectivity index (χ0v) is 19.5. The van der Waals surface area contributed by atoms with Crippen LogP contribution in [-0.2, 0) is 9.53 Å². The third-order valence-corrected chi connectivity index (χ3v) is 7.56. The van der Waals surface area contributed by atoms with Crippen molar-refractivity contribution < 1.29 is 23.8 Å². The van der Waals surface area contributed by atoms with Gasteiger partial charge in [-0.15, -0.1) is 0 Å². The summed E-state index contributed by atoms with van der Waals surface area (Å²) in [7, 11) is 1.63. The van der Waals surface area contributed by atoms with Crippen LogP contribution < -0.4 is 5.32 Å². The first-order valence-corrected chi connectivity index (χ1v) is 11.9. The largest absolute Gasteiger partial charge is 0.391 e. The van der Waals surface area contributed by atoms with Crippen LogP contribution in [0.2, 0.25) is 0 Å². The SMILES string of the molecule is COC[C@H](CCN1CCC2(CC2)[C@H](O)C1)N1CCN(C(=O)Nc2cccc(F)c2)[C@@H](C)C1=O. The Kier molecular flexibility index (Phi) is 7.21. The molecular weight excluding hydrogens is 427 g/mol. The van der Waals surface area contributed by atoms with Crippen molar-refractivity contribution in [2.75, 3.05) is 51.8 Å². The second-order valence-electron chi connectivity index (χ2n) is 9.67. The van der Waals surface area contributed by atoms with Crippen LogP contribution in [0.1, 0.15) is 32.6 Å². The fourth-order valence-corrected chi connectivity index (χ4v) is 5.17. The third-order valence-electron chi connectivity index (χ3n) is 7.56. The van der Waals surface area contributed by atoms with Gasteiger partial charge in [-0.25, -0.2) is 9.18 Å². The molecule has 1 aliphatic carbocycles. The first kappa shape index (κ1) is 23.9. The molecule has 9 heteroatoms. The molecule has 0 bridgehead atoms. The fraction of sp³-hybridized carbons (Fsp3) is 0.667. The number of piperazine rings is 1. The Morgan fingerprint density at radius 2 is 2.09 bits per heavy atom. The minimum Gasteiger partial charge on any atom is -0.391 e. The van der Waals surface area contributed by atoms with Gasteiger partial charge in [0.1, 0.15) is 11.9 Å². The Labute approximate surface area is 194 Å². The van der Waals surface area contributed by atoms with E-state index < -0.39 is 17.9 Å². The molecule has 0 radical (unpaired) electrons. The standard InChI is InChI=1S/C24H35FN4O4/c1-17-22(31)29(13-12-28(17)23(32)26-19-5-3-4-18(25)14-19)20(16-33-2)6-10-27-11-9-24(7-8-24)21(30)15-27/h3-5,14,17,20-21,30H,6-13,15-16H2,1-2H3,(H,26,32)/t17-,20-,21+/m0/s1. The molecule has 3 amide bonds. The molecule has 2 heterocycles. The highest BCUT2D eigenvalue weighted by Crippen LogP contribution is 2.53. The van der Waals surface area contributed by atoms with Crippen molar-refractivity contribution in [2.45, 2.75) is 50.8 Å². The predicted molar refractivity (Wildman–Crippen MR) is 122 cm³/mol. The van der Waals surface area contributed by atoms with Crippen molar-refractivity contribution in [3.63, 3.8) is 0 Å². The van der Waals surface area contributed by atoms with Gasteiger partial charge in [0.05, 0.1) is 18.8 Å². The van der Waals surface area contributed by atoms with Gasteiger partial charge in [-0.1, -0.05) is 6.07 Å². The van der Waals surface area contributed by atoms with E-state index in [0.717, 1.165) is 38.8 Å². The molecule has 0 unspecified atom stereocenters. The Balaban J connectivity index is 1.32. The highest BCUT2D eigenvalue weighted by Gasteiger charge is 2.51. The molecule has 8 nitrogen and oxygen atoms in total. The Morgan fingerprint density at radius 3 is 2.76 bits per heavy atom. The number of hydrogen-bond donors (Lipinski definition) is 2. The molecule has 1 aromatic rings. The summed E-state index contributed by atoms with van der Waals surface area (Å²) in [5, 5.41) is 13.1. The highest BCUT2D eigenvalue weighted by molar-refractivity contribution is 5.94. The maximum absolute atomic E-state index is 13.4. The number of nitrogens with zero attached hydrogens (tertiary/aromatic N) is 3. The fourth-order valence-electron chi connectivity index (χ4n) is 5.17. The summed E-state index contributed by atoms with van der Waals surface area (Å²) in [4.78, 5) is 31.5. The molecule has 3 fully saturated rings. The minimum atomic E-state index is -0.627. The number of benzene rings is 1. The highest BCUT2D eigenvalue weighted by atomic mass is 19.1. The molecule has 2 saturated heterocycles. The first-order chi connectivity index (χ1) is 15.8. The van der Waals surface area contributed by atoms with Gasteiger partial charge in [0, 0.05) is 39.0 Å². The lowest BCUT2D eigenvalue weighted by Gasteiger charge is -2.43. The van der Waals surface area contributed by atoms with Crippen LogP contribution in [0.4, 0.5) is 14.9 Å². The van der Waals surface area contributed by atoms with Gasteiger partial charge < -0.3 is 29.9 Å². The van der Waals surface area contributed by atoms with E-state index in [2.05, 4.69) is 10.2 Å². The van der Waals surface area contributed by atoms with Gasteiger partial charge in [-0.3, -0.25) is 4.79 Å². The van der Waals surface area contributed by atoms with Crippen molar-refractivity contribution in [1.29, 1.82) is 0 Å². The monoisotopic (exact) mass is 462 g/mol. The summed E-state index contributed by atoms with van der Waals surface area (Å²) in [5.41, 5.74) is 0.534. The van der Waals surface area contributed by atoms with Crippen molar-refractivity contribution in [1.82, 2.24) is 14.7 Å². The molecule has 0 aromatic heterocycles. The number of ether oxygens (including phenoxy) is 1. The number of rotatable bonds is 7. The van der Waals surface area contributed by atoms with Crippen molar-refractivity contribution in [2.24, 2.45) is 5.41 Å². The van der Waals surface area contributed by atoms with Gasteiger partial charge in [0.2, 0.25) is 5.91 Å². The maximum atomic E-state index is 13.4. The average Bonchev–Trinajstić information content (AvgIpc) is 3.56. The summed E-state index contributed by atoms with van der Waals surface area (Å²) in [6.07, 6.45) is 3.81. The number of amides is 3. The predicted octanol–water partition coefficient (Wildman–Crippen LogP) is 2.14. The number of aliphatic hydroxyl groups is 1. The molecule has 2 aliphatic heterocycles. The smallest absolute Gasteiger partial charge is 0.322 e. The molecule has 33 heavy (non-hydrogen) atoms. The van der Waals surface area contributed by atoms with Crippen LogP contribution in [0.15, 0.2) is 24.3 Å². The molecule has 3 atom stereocenters. The van der Waals surface area contributed by atoms with Crippen LogP contribution in [0.25, 0.3) is 0 Å². The molecule has 182 valence electrons. The quantitative estimate of drug-likeness (QED) is 0.649. The van der Waals surface area contributed by atoms with E-state index in [4.69, 9.17) is 4.74 Å². The van der Waals surface area contributed by atoms with E-state index in [0.29, 0.717) is 31.9 Å². The summed E-state index contributed by atoms with van der Waals surface area (Å²) in [5.74, 6) is -0.550. The Hall–Kier alpha value is -2.23. The number of nitrogens with one attached hydrogen (secondary N) is 1. The summed E-state index contributed by atoms with van der Waals surface area (Å²) in [6.45, 7) is 5.42. The second kappa shape index (κ2) is 9.95. The van der Waals surface area contributed by atoms with Gasteiger partial charge in [-0.2, -0.15) is 0 Å². The number of halogens is 1. The lowest BCUT2D eigenvalue weighted by Crippen LogP contribution is -2.61. The van der Waals surface area contributed by atoms with Gasteiger partial charge in [-0.05, 0) is 62.8 Å². The molecule has 1 spiro atoms. The van der Waals surface area contributed by atoms with Crippen molar-refractivity contribution in [3.8, 4) is 0 Å². The number of piperidine rings is 1. The molecule has 1 saturated carbocycles. The number of carbonyl (C=O) groups excluding carboxylic acids is 2. The van der Waals surface area contributed by atoms with Crippen LogP contribution in [0.3, 0.4) is 0 Å². The molecule has 1 aromatic carbocycles. The average molecular weight is 463 g/mol. The van der Waals surface area contributed by atoms with E-state index in [9.17, 15) is 19.1 Å². The number of methoxy groups -OCH3 is 1. The summed E-state index contributed by atoms with van der Waals surface area (Å²) in [6, 6.07) is 4.56. The summed E-state index contributed by atoms with van der Waals surface area (Å²) >= 11 is 0. The van der Waals surface area contributed by atoms with Crippen LogP contribution in [-0.4, -0.2) is 96.4 Å². The van der Waals surface area contributed by atoms with E-state index in [-0.39, 0.29) is 23.5 Å². The van der Waals surface area contributed by atoms with Crippen molar-refractivity contribution in [3.05, 3.63) is 30.1 Å². The Morgan fingerprint density at radius 1 is 1.30 bits per heavy atom.